The molecule has 0 radical (unpaired) electrons. The standard InChI is InChI=1S/C23H46O5S.C3H6N2/c1-5-8-9-10-11-12-13-14-15-16-17-18-19-20-21-23(6-2,22(4)24)28-29(25,26)27-7-3;1-2-5-3-4-1/h20-22,24H,5-19H2,1-4H3;3H,1-2H2,(H,4,5)/p+1/b21-20+;. The third kappa shape index (κ3) is 17.6. The predicted molar refractivity (Wildman–Crippen MR) is 141 cm³/mol. The van der Waals surface area contributed by atoms with E-state index in [0.717, 1.165) is 25.9 Å². The minimum atomic E-state index is -4.13. The molecule has 0 aromatic carbocycles. The first-order valence-electron chi connectivity index (χ1n) is 13.6. The first-order valence-corrected chi connectivity index (χ1v) is 14.9. The second-order valence-corrected chi connectivity index (χ2v) is 10.3. The summed E-state index contributed by atoms with van der Waals surface area (Å²) < 4.78 is 33.6. The Morgan fingerprint density at radius 2 is 1.56 bits per heavy atom. The van der Waals surface area contributed by atoms with Gasteiger partial charge in [0.15, 0.2) is 6.34 Å². The van der Waals surface area contributed by atoms with Gasteiger partial charge in [0.2, 0.25) is 0 Å². The lowest BCUT2D eigenvalue weighted by Crippen LogP contribution is -2.80. The molecule has 0 aromatic heterocycles. The molecular weight excluding hydrogens is 452 g/mol. The quantitative estimate of drug-likeness (QED) is 0.178. The van der Waals surface area contributed by atoms with Gasteiger partial charge in [-0.1, -0.05) is 96.6 Å². The van der Waals surface area contributed by atoms with Crippen LogP contribution >= 0.6 is 0 Å². The second kappa shape index (κ2) is 21.5. The number of quaternary nitrogens is 1. The molecule has 7 nitrogen and oxygen atoms in total. The molecule has 0 aromatic rings. The van der Waals surface area contributed by atoms with Gasteiger partial charge in [0.25, 0.3) is 0 Å². The molecule has 0 aliphatic carbocycles. The fourth-order valence-electron chi connectivity index (χ4n) is 3.83. The van der Waals surface area contributed by atoms with E-state index in [1.807, 2.05) is 12.4 Å². The minimum Gasteiger partial charge on any atom is -0.390 e. The molecule has 1 aliphatic rings. The van der Waals surface area contributed by atoms with E-state index in [1.165, 1.54) is 70.6 Å². The van der Waals surface area contributed by atoms with Crippen molar-refractivity contribution in [1.29, 1.82) is 0 Å². The Hall–Kier alpha value is -0.800. The van der Waals surface area contributed by atoms with Crippen molar-refractivity contribution in [3.63, 3.8) is 0 Å². The van der Waals surface area contributed by atoms with E-state index < -0.39 is 22.1 Å². The molecule has 3 N–H and O–H groups in total. The van der Waals surface area contributed by atoms with Crippen molar-refractivity contribution in [2.24, 2.45) is 4.99 Å². The Bertz CT molecular complexity index is 617. The Morgan fingerprint density at radius 1 is 1.00 bits per heavy atom. The molecule has 1 rings (SSSR count). The van der Waals surface area contributed by atoms with Crippen LogP contribution in [0.2, 0.25) is 0 Å². The number of hydrogen-bond acceptors (Lipinski definition) is 6. The SMILES string of the molecule is C1=NCC[NH2+]1.CCCCCCCCCCCCCC/C=C/C(CC)(OS(=O)(=O)OCC)C(C)O. The molecule has 2 atom stereocenters. The van der Waals surface area contributed by atoms with E-state index >= 15 is 0 Å². The first-order chi connectivity index (χ1) is 16.3. The van der Waals surface area contributed by atoms with E-state index in [2.05, 4.69) is 21.4 Å². The van der Waals surface area contributed by atoms with Crippen LogP contribution in [-0.4, -0.2) is 51.3 Å². The lowest BCUT2D eigenvalue weighted by Gasteiger charge is -2.31. The number of unbranched alkanes of at least 4 members (excludes halogenated alkanes) is 12. The summed E-state index contributed by atoms with van der Waals surface area (Å²) in [4.78, 5) is 3.90. The van der Waals surface area contributed by atoms with Gasteiger partial charge < -0.3 is 10.4 Å². The Kier molecular flexibility index (Phi) is 21.0. The summed E-state index contributed by atoms with van der Waals surface area (Å²) in [5.74, 6) is 0. The van der Waals surface area contributed by atoms with Crippen LogP contribution < -0.4 is 5.32 Å². The molecular formula is C26H53N2O5S+. The fraction of sp³-hybridized carbons (Fsp3) is 0.885. The van der Waals surface area contributed by atoms with Crippen LogP contribution in [0.4, 0.5) is 0 Å². The van der Waals surface area contributed by atoms with Crippen molar-refractivity contribution in [2.75, 3.05) is 19.7 Å². The number of rotatable bonds is 20. The number of nitrogens with two attached hydrogens (primary N) is 1. The highest BCUT2D eigenvalue weighted by molar-refractivity contribution is 7.81. The van der Waals surface area contributed by atoms with Crippen molar-refractivity contribution >= 4 is 16.7 Å². The lowest BCUT2D eigenvalue weighted by atomic mass is 9.93. The largest absolute Gasteiger partial charge is 0.400 e. The van der Waals surface area contributed by atoms with Gasteiger partial charge in [-0.2, -0.15) is 8.42 Å². The van der Waals surface area contributed by atoms with Gasteiger partial charge in [-0.05, 0) is 33.1 Å². The monoisotopic (exact) mass is 505 g/mol. The zero-order chi connectivity index (χ0) is 25.5. The maximum absolute atomic E-state index is 11.9. The number of aliphatic hydroxyl groups excluding tert-OH is 1. The summed E-state index contributed by atoms with van der Waals surface area (Å²) >= 11 is 0. The van der Waals surface area contributed by atoms with Gasteiger partial charge in [-0.15, -0.1) is 0 Å². The van der Waals surface area contributed by atoms with Crippen LogP contribution in [0, 0.1) is 0 Å². The number of hydrogen-bond donors (Lipinski definition) is 2. The van der Waals surface area contributed by atoms with Crippen LogP contribution in [0.25, 0.3) is 0 Å². The maximum Gasteiger partial charge on any atom is 0.400 e. The van der Waals surface area contributed by atoms with E-state index in [1.54, 1.807) is 26.8 Å². The van der Waals surface area contributed by atoms with Crippen LogP contribution in [0.3, 0.4) is 0 Å². The van der Waals surface area contributed by atoms with Crippen LogP contribution in [0.5, 0.6) is 0 Å². The van der Waals surface area contributed by atoms with E-state index in [-0.39, 0.29) is 6.61 Å². The topological polar surface area (TPSA) is 102 Å². The lowest BCUT2D eigenvalue weighted by molar-refractivity contribution is -0.518. The van der Waals surface area contributed by atoms with Crippen LogP contribution in [-0.2, 0) is 18.8 Å². The highest BCUT2D eigenvalue weighted by Gasteiger charge is 2.37. The van der Waals surface area contributed by atoms with Crippen molar-refractivity contribution in [3.8, 4) is 0 Å². The molecule has 34 heavy (non-hydrogen) atoms. The third-order valence-corrected chi connectivity index (χ3v) is 7.08. The summed E-state index contributed by atoms with van der Waals surface area (Å²) in [5.41, 5.74) is -1.27. The van der Waals surface area contributed by atoms with Gasteiger partial charge in [-0.25, -0.2) is 13.4 Å². The maximum atomic E-state index is 11.9. The van der Waals surface area contributed by atoms with Crippen LogP contribution in [0.15, 0.2) is 17.1 Å². The van der Waals surface area contributed by atoms with E-state index in [0.29, 0.717) is 6.42 Å². The summed E-state index contributed by atoms with van der Waals surface area (Å²) in [6.45, 7) is 9.34. The van der Waals surface area contributed by atoms with Crippen molar-refractivity contribution < 1.29 is 27.2 Å². The second-order valence-electron chi connectivity index (χ2n) is 9.04. The van der Waals surface area contributed by atoms with Crippen molar-refractivity contribution in [3.05, 3.63) is 12.2 Å². The predicted octanol–water partition coefficient (Wildman–Crippen LogP) is 5.05. The first kappa shape index (κ1) is 33.2. The molecule has 1 heterocycles. The molecule has 0 bridgehead atoms. The number of nitrogens with zero attached hydrogens (tertiary/aromatic N) is 1. The summed E-state index contributed by atoms with van der Waals surface area (Å²) in [7, 11) is -4.13. The summed E-state index contributed by atoms with van der Waals surface area (Å²) in [5, 5.41) is 12.2. The Balaban J connectivity index is 0.00000190. The fourth-order valence-corrected chi connectivity index (χ4v) is 4.86. The normalized spacial score (nSPS) is 16.4. The molecule has 0 saturated carbocycles. The average molecular weight is 506 g/mol. The van der Waals surface area contributed by atoms with Crippen LogP contribution in [0.1, 0.15) is 118 Å². The number of allylic oxidation sites excluding steroid dienone is 1. The van der Waals surface area contributed by atoms with Gasteiger partial charge in [0.05, 0.1) is 19.3 Å². The Morgan fingerprint density at radius 3 is 1.94 bits per heavy atom. The smallest absolute Gasteiger partial charge is 0.390 e. The zero-order valence-electron chi connectivity index (χ0n) is 22.3. The number of aliphatic hydroxyl groups is 1. The highest BCUT2D eigenvalue weighted by Crippen LogP contribution is 2.26. The van der Waals surface area contributed by atoms with Crippen molar-refractivity contribution in [2.45, 2.75) is 129 Å². The molecule has 0 fully saturated rings. The molecule has 0 saturated heterocycles. The van der Waals surface area contributed by atoms with Gasteiger partial charge in [0, 0.05) is 0 Å². The Labute approximate surface area is 210 Å². The van der Waals surface area contributed by atoms with Gasteiger partial charge >= 0.3 is 10.4 Å². The highest BCUT2D eigenvalue weighted by atomic mass is 32.3. The molecule has 202 valence electrons. The van der Waals surface area contributed by atoms with E-state index in [4.69, 9.17) is 4.18 Å². The molecule has 1 aliphatic heterocycles. The van der Waals surface area contributed by atoms with Crippen molar-refractivity contribution in [1.82, 2.24) is 0 Å². The zero-order valence-corrected chi connectivity index (χ0v) is 23.2. The van der Waals surface area contributed by atoms with Gasteiger partial charge in [0.1, 0.15) is 12.1 Å². The summed E-state index contributed by atoms with van der Waals surface area (Å²) in [6.07, 6.45) is 21.4. The molecule has 2 unspecified atom stereocenters. The molecule has 8 heteroatoms. The third-order valence-electron chi connectivity index (χ3n) is 6.04. The number of aliphatic imine (C=N–C) groups is 1. The molecule has 0 spiro atoms. The summed E-state index contributed by atoms with van der Waals surface area (Å²) in [6, 6.07) is 0. The average Bonchev–Trinajstić information content (AvgIpc) is 3.38. The molecule has 0 amide bonds. The van der Waals surface area contributed by atoms with E-state index in [9.17, 15) is 13.5 Å². The minimum absolute atomic E-state index is 0.00447. The van der Waals surface area contributed by atoms with Gasteiger partial charge in [-0.3, -0.25) is 0 Å².